The first-order valence-corrected chi connectivity index (χ1v) is 8.60. The predicted octanol–water partition coefficient (Wildman–Crippen LogP) is 3.38. The second kappa shape index (κ2) is 8.17. The fourth-order valence-corrected chi connectivity index (χ4v) is 3.44. The van der Waals surface area contributed by atoms with Crippen LogP contribution in [0.3, 0.4) is 0 Å². The first-order chi connectivity index (χ1) is 10.2. The van der Waals surface area contributed by atoms with Crippen molar-refractivity contribution < 1.29 is 14.3 Å². The van der Waals surface area contributed by atoms with E-state index in [1.54, 1.807) is 6.07 Å². The lowest BCUT2D eigenvalue weighted by Crippen LogP contribution is -2.31. The number of carbonyl (C=O) groups excluding carboxylic acids is 2. The van der Waals surface area contributed by atoms with Crippen molar-refractivity contribution in [2.45, 2.75) is 51.6 Å². The van der Waals surface area contributed by atoms with Crippen LogP contribution < -0.4 is 5.32 Å². The summed E-state index contributed by atoms with van der Waals surface area (Å²) in [5, 5.41) is 4.61. The monoisotopic (exact) mass is 309 g/mol. The fourth-order valence-electron chi connectivity index (χ4n) is 2.80. The van der Waals surface area contributed by atoms with Crippen molar-refractivity contribution in [3.8, 4) is 0 Å². The Bertz CT molecular complexity index is 458. The van der Waals surface area contributed by atoms with Gasteiger partial charge >= 0.3 is 5.97 Å². The van der Waals surface area contributed by atoms with Crippen LogP contribution in [0.15, 0.2) is 17.5 Å². The summed E-state index contributed by atoms with van der Waals surface area (Å²) >= 11 is 1.39. The van der Waals surface area contributed by atoms with Gasteiger partial charge in [0.15, 0.2) is 0 Å². The average Bonchev–Trinajstić information content (AvgIpc) is 3.02. The maximum Gasteiger partial charge on any atom is 0.307 e. The zero-order valence-corrected chi connectivity index (χ0v) is 13.3. The summed E-state index contributed by atoms with van der Waals surface area (Å²) in [6.07, 6.45) is 5.89. The molecule has 5 heteroatoms. The van der Waals surface area contributed by atoms with Gasteiger partial charge in [-0.3, -0.25) is 9.59 Å². The van der Waals surface area contributed by atoms with E-state index >= 15 is 0 Å². The molecule has 4 nitrogen and oxygen atoms in total. The average molecular weight is 309 g/mol. The molecule has 2 rings (SSSR count). The first kappa shape index (κ1) is 16.0. The molecule has 1 heterocycles. The molecule has 116 valence electrons. The molecule has 2 atom stereocenters. The van der Waals surface area contributed by atoms with E-state index in [9.17, 15) is 9.59 Å². The van der Waals surface area contributed by atoms with Gasteiger partial charge in [-0.25, -0.2) is 0 Å². The van der Waals surface area contributed by atoms with E-state index < -0.39 is 0 Å². The van der Waals surface area contributed by atoms with Crippen LogP contribution in [-0.2, 0) is 9.53 Å². The third-order valence-corrected chi connectivity index (χ3v) is 4.87. The van der Waals surface area contributed by atoms with Gasteiger partial charge in [-0.2, -0.15) is 0 Å². The Labute approximate surface area is 129 Å². The number of esters is 1. The first-order valence-electron chi connectivity index (χ1n) is 7.72. The van der Waals surface area contributed by atoms with Crippen molar-refractivity contribution in [1.29, 1.82) is 0 Å². The molecule has 0 aliphatic heterocycles. The molecule has 1 fully saturated rings. The van der Waals surface area contributed by atoms with E-state index in [1.165, 1.54) is 17.8 Å². The highest BCUT2D eigenvalue weighted by Gasteiger charge is 2.26. The maximum atomic E-state index is 11.9. The third kappa shape index (κ3) is 4.84. The zero-order chi connectivity index (χ0) is 15.1. The number of ether oxygens (including phenoxy) is 1. The summed E-state index contributed by atoms with van der Waals surface area (Å²) in [7, 11) is 0. The van der Waals surface area contributed by atoms with Crippen LogP contribution in [0.5, 0.6) is 0 Å². The van der Waals surface area contributed by atoms with Crippen LogP contribution in [-0.4, -0.2) is 24.5 Å². The SMILES string of the molecule is CCC1CCCCC1OC(=O)CCNC(=O)c1cccs1. The van der Waals surface area contributed by atoms with Crippen molar-refractivity contribution >= 4 is 23.2 Å². The van der Waals surface area contributed by atoms with Gasteiger partial charge in [0.2, 0.25) is 0 Å². The van der Waals surface area contributed by atoms with Gasteiger partial charge in [0.1, 0.15) is 6.10 Å². The quantitative estimate of drug-likeness (QED) is 0.820. The van der Waals surface area contributed by atoms with Crippen molar-refractivity contribution in [1.82, 2.24) is 5.32 Å². The standard InChI is InChI=1S/C16H23NO3S/c1-2-12-6-3-4-7-13(12)20-15(18)9-10-17-16(19)14-8-5-11-21-14/h5,8,11-13H,2-4,6-7,9-10H2,1H3,(H,17,19). The Morgan fingerprint density at radius 1 is 1.38 bits per heavy atom. The lowest BCUT2D eigenvalue weighted by atomic mass is 9.85. The van der Waals surface area contributed by atoms with Crippen molar-refractivity contribution in [3.05, 3.63) is 22.4 Å². The van der Waals surface area contributed by atoms with Crippen molar-refractivity contribution in [2.24, 2.45) is 5.92 Å². The Hall–Kier alpha value is -1.36. The Morgan fingerprint density at radius 3 is 2.90 bits per heavy atom. The largest absolute Gasteiger partial charge is 0.462 e. The van der Waals surface area contributed by atoms with Gasteiger partial charge in [0.25, 0.3) is 5.91 Å². The summed E-state index contributed by atoms with van der Waals surface area (Å²) in [6.45, 7) is 2.48. The van der Waals surface area contributed by atoms with Crippen molar-refractivity contribution in [3.63, 3.8) is 0 Å². The zero-order valence-electron chi connectivity index (χ0n) is 12.5. The molecule has 0 saturated heterocycles. The van der Waals surface area contributed by atoms with Gasteiger partial charge in [0.05, 0.1) is 11.3 Å². The summed E-state index contributed by atoms with van der Waals surface area (Å²) in [6, 6.07) is 3.61. The fraction of sp³-hybridized carbons (Fsp3) is 0.625. The molecule has 1 aromatic rings. The van der Waals surface area contributed by atoms with Crippen LogP contribution in [0, 0.1) is 5.92 Å². The van der Waals surface area contributed by atoms with Crippen LogP contribution in [0.1, 0.15) is 55.1 Å². The summed E-state index contributed by atoms with van der Waals surface area (Å²) in [5.74, 6) is 0.178. The molecule has 0 radical (unpaired) electrons. The van der Waals surface area contributed by atoms with Gasteiger partial charge in [-0.1, -0.05) is 19.4 Å². The van der Waals surface area contributed by atoms with E-state index in [0.29, 0.717) is 17.3 Å². The topological polar surface area (TPSA) is 55.4 Å². The number of hydrogen-bond donors (Lipinski definition) is 1. The minimum atomic E-state index is -0.202. The Kier molecular flexibility index (Phi) is 6.23. The molecule has 1 amide bonds. The molecule has 21 heavy (non-hydrogen) atoms. The van der Waals surface area contributed by atoms with Gasteiger partial charge in [-0.15, -0.1) is 11.3 Å². The minimum absolute atomic E-state index is 0.0734. The molecule has 0 bridgehead atoms. The molecule has 1 saturated carbocycles. The molecular weight excluding hydrogens is 286 g/mol. The second-order valence-electron chi connectivity index (χ2n) is 5.46. The smallest absolute Gasteiger partial charge is 0.307 e. The molecule has 0 spiro atoms. The summed E-state index contributed by atoms with van der Waals surface area (Å²) in [5.41, 5.74) is 0. The van der Waals surface area contributed by atoms with Crippen LogP contribution in [0.2, 0.25) is 0 Å². The number of rotatable bonds is 6. The maximum absolute atomic E-state index is 11.9. The molecule has 1 aliphatic carbocycles. The van der Waals surface area contributed by atoms with Crippen LogP contribution in [0.4, 0.5) is 0 Å². The predicted molar refractivity (Wildman–Crippen MR) is 83.4 cm³/mol. The van der Waals surface area contributed by atoms with Gasteiger partial charge in [-0.05, 0) is 43.0 Å². The highest BCUT2D eigenvalue weighted by Crippen LogP contribution is 2.29. The third-order valence-electron chi connectivity index (χ3n) is 4.01. The van der Waals surface area contributed by atoms with E-state index in [0.717, 1.165) is 25.7 Å². The summed E-state index contributed by atoms with van der Waals surface area (Å²) < 4.78 is 5.58. The number of hydrogen-bond acceptors (Lipinski definition) is 4. The highest BCUT2D eigenvalue weighted by atomic mass is 32.1. The van der Waals surface area contributed by atoms with Crippen LogP contribution >= 0.6 is 11.3 Å². The number of nitrogens with one attached hydrogen (secondary N) is 1. The van der Waals surface area contributed by atoms with Gasteiger partial charge in [0, 0.05) is 6.54 Å². The lowest BCUT2D eigenvalue weighted by molar-refractivity contribution is -0.153. The highest BCUT2D eigenvalue weighted by molar-refractivity contribution is 7.12. The van der Waals surface area contributed by atoms with Gasteiger partial charge < -0.3 is 10.1 Å². The second-order valence-corrected chi connectivity index (χ2v) is 6.41. The molecule has 1 N–H and O–H groups in total. The molecule has 0 aromatic carbocycles. The number of thiophene rings is 1. The minimum Gasteiger partial charge on any atom is -0.462 e. The molecule has 1 aliphatic rings. The van der Waals surface area contributed by atoms with Crippen molar-refractivity contribution in [2.75, 3.05) is 6.54 Å². The molecular formula is C16H23NO3S. The Morgan fingerprint density at radius 2 is 2.19 bits per heavy atom. The van der Waals surface area contributed by atoms with Crippen LogP contribution in [0.25, 0.3) is 0 Å². The number of carbonyl (C=O) groups is 2. The molecule has 1 aromatic heterocycles. The van der Waals surface area contributed by atoms with E-state index in [2.05, 4.69) is 12.2 Å². The number of amides is 1. The van der Waals surface area contributed by atoms with E-state index in [1.807, 2.05) is 11.4 Å². The van der Waals surface area contributed by atoms with E-state index in [4.69, 9.17) is 4.74 Å². The lowest BCUT2D eigenvalue weighted by Gasteiger charge is -2.30. The molecule has 2 unspecified atom stereocenters. The summed E-state index contributed by atoms with van der Waals surface area (Å²) in [4.78, 5) is 24.3. The Balaban J connectivity index is 1.68. The normalized spacial score (nSPS) is 21.8. The van der Waals surface area contributed by atoms with E-state index in [-0.39, 0.29) is 24.4 Å².